The van der Waals surface area contributed by atoms with E-state index in [1.54, 1.807) is 18.2 Å². The minimum absolute atomic E-state index is 0.129. The highest BCUT2D eigenvalue weighted by Crippen LogP contribution is 2.47. The van der Waals surface area contributed by atoms with E-state index in [9.17, 15) is 12.8 Å². The van der Waals surface area contributed by atoms with Crippen molar-refractivity contribution in [3.63, 3.8) is 0 Å². The van der Waals surface area contributed by atoms with E-state index in [0.717, 1.165) is 11.1 Å². The third-order valence-electron chi connectivity index (χ3n) is 4.88. The molecule has 0 aromatic heterocycles. The molecule has 1 unspecified atom stereocenters. The van der Waals surface area contributed by atoms with E-state index in [0.29, 0.717) is 17.0 Å². The Morgan fingerprint density at radius 2 is 1.67 bits per heavy atom. The molecule has 138 valence electrons. The third kappa shape index (κ3) is 2.68. The molecule has 3 aromatic rings. The van der Waals surface area contributed by atoms with Gasteiger partial charge in [-0.05, 0) is 54.4 Å². The SMILES string of the molecule is COc1ccc(S(=O)(=O)N2c3cccc(F)c3-c3ccccc3C2C)cc1. The zero-order valence-electron chi connectivity index (χ0n) is 14.9. The van der Waals surface area contributed by atoms with Gasteiger partial charge in [0.2, 0.25) is 0 Å². The van der Waals surface area contributed by atoms with Crippen LogP contribution in [-0.4, -0.2) is 15.5 Å². The fourth-order valence-corrected chi connectivity index (χ4v) is 5.23. The molecule has 4 nitrogen and oxygen atoms in total. The van der Waals surface area contributed by atoms with Gasteiger partial charge in [0.05, 0.1) is 23.7 Å². The van der Waals surface area contributed by atoms with Crippen molar-refractivity contribution in [2.45, 2.75) is 17.9 Å². The van der Waals surface area contributed by atoms with Crippen LogP contribution in [0.2, 0.25) is 0 Å². The summed E-state index contributed by atoms with van der Waals surface area (Å²) in [5.41, 5.74) is 2.15. The summed E-state index contributed by atoms with van der Waals surface area (Å²) in [4.78, 5) is 0.129. The molecule has 4 rings (SSSR count). The Labute approximate surface area is 157 Å². The minimum atomic E-state index is -3.90. The number of fused-ring (bicyclic) bond motifs is 3. The molecule has 1 aliphatic heterocycles. The number of ether oxygens (including phenoxy) is 1. The van der Waals surface area contributed by atoms with Crippen LogP contribution in [0.25, 0.3) is 11.1 Å². The smallest absolute Gasteiger partial charge is 0.264 e. The van der Waals surface area contributed by atoms with Gasteiger partial charge in [0.1, 0.15) is 11.6 Å². The maximum atomic E-state index is 14.7. The number of rotatable bonds is 3. The molecule has 1 heterocycles. The second-order valence-corrected chi connectivity index (χ2v) is 8.19. The highest BCUT2D eigenvalue weighted by molar-refractivity contribution is 7.92. The lowest BCUT2D eigenvalue weighted by Gasteiger charge is -2.37. The van der Waals surface area contributed by atoms with E-state index >= 15 is 0 Å². The normalized spacial score (nSPS) is 15.8. The Bertz CT molecular complexity index is 1110. The first-order chi connectivity index (χ1) is 12.9. The van der Waals surface area contributed by atoms with Crippen molar-refractivity contribution in [1.29, 1.82) is 0 Å². The number of anilines is 1. The lowest BCUT2D eigenvalue weighted by atomic mass is 9.90. The summed E-state index contributed by atoms with van der Waals surface area (Å²) in [5, 5.41) is 0. The van der Waals surface area contributed by atoms with Gasteiger partial charge in [0, 0.05) is 5.56 Å². The summed E-state index contributed by atoms with van der Waals surface area (Å²) in [6, 6.07) is 17.6. The molecular formula is C21H18FNO3S. The first kappa shape index (κ1) is 17.5. The van der Waals surface area contributed by atoms with Gasteiger partial charge in [-0.15, -0.1) is 0 Å². The summed E-state index contributed by atoms with van der Waals surface area (Å²) in [6.07, 6.45) is 0. The topological polar surface area (TPSA) is 46.6 Å². The van der Waals surface area contributed by atoms with E-state index in [4.69, 9.17) is 4.74 Å². The predicted molar refractivity (Wildman–Crippen MR) is 103 cm³/mol. The van der Waals surface area contributed by atoms with Gasteiger partial charge in [-0.25, -0.2) is 12.8 Å². The molecule has 0 bridgehead atoms. The van der Waals surface area contributed by atoms with Gasteiger partial charge in [-0.2, -0.15) is 0 Å². The van der Waals surface area contributed by atoms with Gasteiger partial charge < -0.3 is 4.74 Å². The minimum Gasteiger partial charge on any atom is -0.497 e. The molecule has 0 fully saturated rings. The van der Waals surface area contributed by atoms with Crippen molar-refractivity contribution in [3.8, 4) is 16.9 Å². The van der Waals surface area contributed by atoms with Crippen LogP contribution >= 0.6 is 0 Å². The van der Waals surface area contributed by atoms with Gasteiger partial charge in [0.15, 0.2) is 0 Å². The Morgan fingerprint density at radius 1 is 0.963 bits per heavy atom. The molecule has 0 saturated carbocycles. The van der Waals surface area contributed by atoms with Crippen LogP contribution in [0.1, 0.15) is 18.5 Å². The summed E-state index contributed by atoms with van der Waals surface area (Å²) >= 11 is 0. The Morgan fingerprint density at radius 3 is 2.37 bits per heavy atom. The van der Waals surface area contributed by atoms with Crippen LogP contribution in [0, 0.1) is 5.82 Å². The standard InChI is InChI=1S/C21H18FNO3S/c1-14-17-6-3-4-7-18(17)21-19(22)8-5-9-20(21)23(14)27(24,25)16-12-10-15(26-2)11-13-16/h3-14H,1-2H3. The molecule has 0 amide bonds. The average molecular weight is 383 g/mol. The van der Waals surface area contributed by atoms with Crippen LogP contribution in [-0.2, 0) is 10.0 Å². The number of hydrogen-bond acceptors (Lipinski definition) is 3. The maximum absolute atomic E-state index is 14.7. The van der Waals surface area contributed by atoms with Crippen LogP contribution in [0.3, 0.4) is 0 Å². The van der Waals surface area contributed by atoms with Crippen LogP contribution < -0.4 is 9.04 Å². The second kappa shape index (κ2) is 6.39. The van der Waals surface area contributed by atoms with Gasteiger partial charge in [-0.3, -0.25) is 4.31 Å². The van der Waals surface area contributed by atoms with Gasteiger partial charge >= 0.3 is 0 Å². The molecule has 3 aromatic carbocycles. The number of sulfonamides is 1. The number of nitrogens with zero attached hydrogens (tertiary/aromatic N) is 1. The van der Waals surface area contributed by atoms with Crippen LogP contribution in [0.4, 0.5) is 10.1 Å². The van der Waals surface area contributed by atoms with Crippen molar-refractivity contribution >= 4 is 15.7 Å². The summed E-state index contributed by atoms with van der Waals surface area (Å²) < 4.78 is 48.0. The molecule has 27 heavy (non-hydrogen) atoms. The first-order valence-electron chi connectivity index (χ1n) is 8.51. The second-order valence-electron chi connectivity index (χ2n) is 6.37. The molecule has 1 aliphatic rings. The average Bonchev–Trinajstić information content (AvgIpc) is 2.68. The Hall–Kier alpha value is -2.86. The van der Waals surface area contributed by atoms with E-state index in [1.807, 2.05) is 31.2 Å². The monoisotopic (exact) mass is 383 g/mol. The maximum Gasteiger partial charge on any atom is 0.264 e. The molecule has 1 atom stereocenters. The Balaban J connectivity index is 1.94. The zero-order chi connectivity index (χ0) is 19.2. The van der Waals surface area contributed by atoms with Crippen molar-refractivity contribution in [1.82, 2.24) is 0 Å². The van der Waals surface area contributed by atoms with E-state index in [-0.39, 0.29) is 4.90 Å². The van der Waals surface area contributed by atoms with Crippen LogP contribution in [0.5, 0.6) is 5.75 Å². The number of methoxy groups -OCH3 is 1. The molecule has 0 spiro atoms. The van der Waals surface area contributed by atoms with E-state index in [2.05, 4.69) is 0 Å². The fourth-order valence-electron chi connectivity index (χ4n) is 3.59. The van der Waals surface area contributed by atoms with E-state index < -0.39 is 21.9 Å². The van der Waals surface area contributed by atoms with E-state index in [1.165, 1.54) is 35.7 Å². The fraction of sp³-hybridized carbons (Fsp3) is 0.143. The van der Waals surface area contributed by atoms with Crippen molar-refractivity contribution in [2.75, 3.05) is 11.4 Å². The largest absolute Gasteiger partial charge is 0.497 e. The number of hydrogen-bond donors (Lipinski definition) is 0. The van der Waals surface area contributed by atoms with Gasteiger partial charge in [-0.1, -0.05) is 30.3 Å². The number of halogens is 1. The Kier molecular flexibility index (Phi) is 4.15. The molecule has 0 radical (unpaired) electrons. The molecule has 6 heteroatoms. The van der Waals surface area contributed by atoms with Crippen molar-refractivity contribution in [2.24, 2.45) is 0 Å². The quantitative estimate of drug-likeness (QED) is 0.654. The third-order valence-corrected chi connectivity index (χ3v) is 6.78. The molecular weight excluding hydrogens is 365 g/mol. The predicted octanol–water partition coefficient (Wildman–Crippen LogP) is 4.77. The lowest BCUT2D eigenvalue weighted by Crippen LogP contribution is -2.36. The van der Waals surface area contributed by atoms with Crippen molar-refractivity contribution < 1.29 is 17.5 Å². The summed E-state index contributed by atoms with van der Waals surface area (Å²) in [5.74, 6) is 0.124. The lowest BCUT2D eigenvalue weighted by molar-refractivity contribution is 0.414. The highest BCUT2D eigenvalue weighted by Gasteiger charge is 2.37. The molecule has 0 N–H and O–H groups in total. The molecule has 0 saturated heterocycles. The van der Waals surface area contributed by atoms with Gasteiger partial charge in [0.25, 0.3) is 10.0 Å². The first-order valence-corrected chi connectivity index (χ1v) is 9.95. The van der Waals surface area contributed by atoms with Crippen molar-refractivity contribution in [3.05, 3.63) is 78.1 Å². The summed E-state index contributed by atoms with van der Waals surface area (Å²) in [6.45, 7) is 1.81. The summed E-state index contributed by atoms with van der Waals surface area (Å²) in [7, 11) is -2.38. The highest BCUT2D eigenvalue weighted by atomic mass is 32.2. The zero-order valence-corrected chi connectivity index (χ0v) is 15.7. The molecule has 0 aliphatic carbocycles. The number of benzene rings is 3. The van der Waals surface area contributed by atoms with Crippen LogP contribution in [0.15, 0.2) is 71.6 Å².